The first-order valence-electron chi connectivity index (χ1n) is 8.14. The molecule has 1 aliphatic rings. The Morgan fingerprint density at radius 3 is 2.62 bits per heavy atom. The van der Waals surface area contributed by atoms with Gasteiger partial charge >= 0.3 is 0 Å². The molecule has 0 spiro atoms. The number of para-hydroxylation sites is 1. The van der Waals surface area contributed by atoms with Crippen LogP contribution in [0.5, 0.6) is 5.75 Å². The molecule has 1 heterocycles. The number of ether oxygens (including phenoxy) is 1. The van der Waals surface area contributed by atoms with E-state index < -0.39 is 26.6 Å². The molecule has 0 radical (unpaired) electrons. The van der Waals surface area contributed by atoms with E-state index in [9.17, 15) is 18.5 Å². The highest BCUT2D eigenvalue weighted by Crippen LogP contribution is 2.40. The summed E-state index contributed by atoms with van der Waals surface area (Å²) < 4.78 is 34.5. The third-order valence-corrected chi connectivity index (χ3v) is 5.96. The zero-order chi connectivity index (χ0) is 19.1. The molecule has 0 fully saturated rings. The fourth-order valence-electron chi connectivity index (χ4n) is 3.15. The normalized spacial score (nSPS) is 18.7. The van der Waals surface area contributed by atoms with Gasteiger partial charge in [0.25, 0.3) is 5.69 Å². The highest BCUT2D eigenvalue weighted by atomic mass is 32.2. The number of nitro groups is 1. The van der Waals surface area contributed by atoms with Gasteiger partial charge in [-0.2, -0.15) is 0 Å². The van der Waals surface area contributed by atoms with Crippen molar-refractivity contribution in [3.05, 3.63) is 63.7 Å². The molecule has 8 heteroatoms. The van der Waals surface area contributed by atoms with Crippen LogP contribution >= 0.6 is 0 Å². The van der Waals surface area contributed by atoms with Crippen molar-refractivity contribution < 1.29 is 18.1 Å². The summed E-state index contributed by atoms with van der Waals surface area (Å²) in [6, 6.07) is 10.6. The van der Waals surface area contributed by atoms with Crippen LogP contribution in [-0.4, -0.2) is 18.9 Å². The van der Waals surface area contributed by atoms with Gasteiger partial charge in [0.1, 0.15) is 11.4 Å². The molecule has 2 aromatic carbocycles. The molecule has 1 unspecified atom stereocenters. The Kier molecular flexibility index (Phi) is 4.49. The van der Waals surface area contributed by atoms with Crippen molar-refractivity contribution in [1.29, 1.82) is 0 Å². The van der Waals surface area contributed by atoms with E-state index in [2.05, 4.69) is 4.72 Å². The summed E-state index contributed by atoms with van der Waals surface area (Å²) in [6.45, 7) is 5.39. The Hall–Kier alpha value is -2.45. The van der Waals surface area contributed by atoms with Gasteiger partial charge in [0, 0.05) is 24.1 Å². The zero-order valence-electron chi connectivity index (χ0n) is 14.7. The summed E-state index contributed by atoms with van der Waals surface area (Å²) in [5, 5.41) is 11.0. The Labute approximate surface area is 152 Å². The Morgan fingerprint density at radius 2 is 1.92 bits per heavy atom. The van der Waals surface area contributed by atoms with E-state index in [0.29, 0.717) is 17.7 Å². The first kappa shape index (κ1) is 18.3. The van der Waals surface area contributed by atoms with Crippen molar-refractivity contribution in [3.63, 3.8) is 0 Å². The average molecular weight is 376 g/mol. The van der Waals surface area contributed by atoms with Crippen LogP contribution in [0, 0.1) is 17.0 Å². The summed E-state index contributed by atoms with van der Waals surface area (Å²) in [4.78, 5) is 10.3. The van der Waals surface area contributed by atoms with Gasteiger partial charge in [0.2, 0.25) is 10.0 Å². The van der Waals surface area contributed by atoms with Crippen molar-refractivity contribution in [1.82, 2.24) is 4.72 Å². The van der Waals surface area contributed by atoms with Gasteiger partial charge < -0.3 is 4.74 Å². The summed E-state index contributed by atoms with van der Waals surface area (Å²) in [5.41, 5.74) is 0.393. The van der Waals surface area contributed by atoms with Gasteiger partial charge in [-0.05, 0) is 32.4 Å². The lowest BCUT2D eigenvalue weighted by atomic mass is 9.90. The molecular formula is C18H20N2O5S. The standard InChI is InChI=1S/C18H20N2O5S/c1-12-8-9-13(20(21)22)10-17(12)26(23,24)19-15-11-18(2,3)25-16-7-5-4-6-14(15)16/h4-10,15,19H,11H2,1-3H3. The van der Waals surface area contributed by atoms with E-state index in [4.69, 9.17) is 4.74 Å². The molecular weight excluding hydrogens is 356 g/mol. The third kappa shape index (κ3) is 3.56. The van der Waals surface area contributed by atoms with Crippen molar-refractivity contribution in [3.8, 4) is 5.75 Å². The van der Waals surface area contributed by atoms with Crippen molar-refractivity contribution in [2.45, 2.75) is 43.7 Å². The van der Waals surface area contributed by atoms with Gasteiger partial charge in [-0.25, -0.2) is 13.1 Å². The number of hydrogen-bond acceptors (Lipinski definition) is 5. The van der Waals surface area contributed by atoms with E-state index in [1.165, 1.54) is 12.1 Å². The number of non-ortho nitro benzene ring substituents is 1. The lowest BCUT2D eigenvalue weighted by molar-refractivity contribution is -0.385. The fraction of sp³-hybridized carbons (Fsp3) is 0.333. The van der Waals surface area contributed by atoms with Crippen LogP contribution in [0.1, 0.15) is 37.4 Å². The number of rotatable bonds is 4. The predicted octanol–water partition coefficient (Wildman–Crippen LogP) is 3.48. The van der Waals surface area contributed by atoms with Gasteiger partial charge in [0.15, 0.2) is 0 Å². The lowest BCUT2D eigenvalue weighted by Crippen LogP contribution is -2.41. The zero-order valence-corrected chi connectivity index (χ0v) is 15.5. The molecule has 0 aromatic heterocycles. The van der Waals surface area contributed by atoms with Gasteiger partial charge in [-0.15, -0.1) is 0 Å². The van der Waals surface area contributed by atoms with E-state index in [1.807, 2.05) is 32.0 Å². The van der Waals surface area contributed by atoms with Crippen molar-refractivity contribution >= 4 is 15.7 Å². The van der Waals surface area contributed by atoms with Crippen LogP contribution in [0.25, 0.3) is 0 Å². The lowest BCUT2D eigenvalue weighted by Gasteiger charge is -2.37. The predicted molar refractivity (Wildman–Crippen MR) is 96.7 cm³/mol. The number of nitrogens with one attached hydrogen (secondary N) is 1. The number of sulfonamides is 1. The molecule has 1 atom stereocenters. The van der Waals surface area contributed by atoms with Gasteiger partial charge in [-0.3, -0.25) is 10.1 Å². The molecule has 26 heavy (non-hydrogen) atoms. The Balaban J connectivity index is 2.00. The largest absolute Gasteiger partial charge is 0.487 e. The number of hydrogen-bond donors (Lipinski definition) is 1. The highest BCUT2D eigenvalue weighted by Gasteiger charge is 2.36. The number of aryl methyl sites for hydroxylation is 1. The van der Waals surface area contributed by atoms with Crippen molar-refractivity contribution in [2.75, 3.05) is 0 Å². The Morgan fingerprint density at radius 1 is 1.23 bits per heavy atom. The van der Waals surface area contributed by atoms with Crippen molar-refractivity contribution in [2.24, 2.45) is 0 Å². The highest BCUT2D eigenvalue weighted by molar-refractivity contribution is 7.89. The molecule has 2 aromatic rings. The minimum absolute atomic E-state index is 0.0894. The first-order chi connectivity index (χ1) is 12.1. The maximum Gasteiger partial charge on any atom is 0.270 e. The second kappa shape index (κ2) is 6.37. The summed E-state index contributed by atoms with van der Waals surface area (Å²) in [6.07, 6.45) is 0.442. The van der Waals surface area contributed by atoms with Gasteiger partial charge in [-0.1, -0.05) is 24.3 Å². The molecule has 138 valence electrons. The third-order valence-electron chi connectivity index (χ3n) is 4.35. The average Bonchev–Trinajstić information content (AvgIpc) is 2.53. The second-order valence-electron chi connectivity index (χ2n) is 6.98. The van der Waals surface area contributed by atoms with E-state index in [0.717, 1.165) is 11.6 Å². The van der Waals surface area contributed by atoms with Crippen LogP contribution < -0.4 is 9.46 Å². The van der Waals surface area contributed by atoms with Crippen LogP contribution in [0.3, 0.4) is 0 Å². The molecule has 1 aliphatic heterocycles. The maximum absolute atomic E-state index is 12.9. The molecule has 1 N–H and O–H groups in total. The van der Waals surface area contributed by atoms with E-state index >= 15 is 0 Å². The monoisotopic (exact) mass is 376 g/mol. The number of nitrogens with zero attached hydrogens (tertiary/aromatic N) is 1. The molecule has 0 saturated heterocycles. The smallest absolute Gasteiger partial charge is 0.270 e. The summed E-state index contributed by atoms with van der Waals surface area (Å²) in [7, 11) is -3.95. The molecule has 3 rings (SSSR count). The topological polar surface area (TPSA) is 98.5 Å². The number of benzene rings is 2. The van der Waals surface area contributed by atoms with Crippen LogP contribution in [0.15, 0.2) is 47.4 Å². The SMILES string of the molecule is Cc1ccc([N+](=O)[O-])cc1S(=O)(=O)NC1CC(C)(C)Oc2ccccc21. The Bertz CT molecular complexity index is 969. The van der Waals surface area contributed by atoms with Crippen LogP contribution in [0.4, 0.5) is 5.69 Å². The summed E-state index contributed by atoms with van der Waals surface area (Å²) in [5.74, 6) is 0.632. The second-order valence-corrected chi connectivity index (χ2v) is 8.67. The maximum atomic E-state index is 12.9. The van der Waals surface area contributed by atoms with Crippen LogP contribution in [0.2, 0.25) is 0 Å². The first-order valence-corrected chi connectivity index (χ1v) is 9.63. The molecule has 0 amide bonds. The fourth-order valence-corrected chi connectivity index (χ4v) is 4.63. The van der Waals surface area contributed by atoms with E-state index in [-0.39, 0.29) is 10.6 Å². The van der Waals surface area contributed by atoms with Gasteiger partial charge in [0.05, 0.1) is 15.9 Å². The molecule has 7 nitrogen and oxygen atoms in total. The molecule has 0 bridgehead atoms. The van der Waals surface area contributed by atoms with E-state index in [1.54, 1.807) is 13.0 Å². The summed E-state index contributed by atoms with van der Waals surface area (Å²) >= 11 is 0. The number of fused-ring (bicyclic) bond motifs is 1. The molecule has 0 saturated carbocycles. The quantitative estimate of drug-likeness (QED) is 0.650. The minimum atomic E-state index is -3.95. The molecule has 0 aliphatic carbocycles. The number of nitro benzene ring substituents is 1. The minimum Gasteiger partial charge on any atom is -0.487 e. The van der Waals surface area contributed by atoms with Crippen LogP contribution in [-0.2, 0) is 10.0 Å².